The monoisotopic (exact) mass is 950 g/mol. The molecule has 0 aromatic carbocycles. The van der Waals surface area contributed by atoms with Crippen LogP contribution < -0.4 is 5.32 Å². The van der Waals surface area contributed by atoms with Gasteiger partial charge in [0.2, 0.25) is 5.91 Å². The van der Waals surface area contributed by atoms with Crippen molar-refractivity contribution in [3.8, 4) is 0 Å². The van der Waals surface area contributed by atoms with Gasteiger partial charge in [-0.1, -0.05) is 261 Å². The first kappa shape index (κ1) is 65.3. The summed E-state index contributed by atoms with van der Waals surface area (Å²) >= 11 is 0. The molecule has 0 aliphatic carbocycles. The lowest BCUT2D eigenvalue weighted by molar-refractivity contribution is -0.151. The molecule has 0 radical (unpaired) electrons. The number of hydrogen-bond donors (Lipinski definition) is 3. The smallest absolute Gasteiger partial charge is 0.306 e. The molecule has 0 bridgehead atoms. The fraction of sp³-hybridized carbons (Fsp3) is 0.774. The summed E-state index contributed by atoms with van der Waals surface area (Å²) in [5.74, 6) is -0.518. The van der Waals surface area contributed by atoms with E-state index in [1.54, 1.807) is 0 Å². The maximum atomic E-state index is 13.3. The van der Waals surface area contributed by atoms with Crippen molar-refractivity contribution in [2.45, 2.75) is 302 Å². The van der Waals surface area contributed by atoms with Crippen molar-refractivity contribution in [2.75, 3.05) is 6.61 Å². The summed E-state index contributed by atoms with van der Waals surface area (Å²) < 4.78 is 5.94. The topological polar surface area (TPSA) is 95.9 Å². The van der Waals surface area contributed by atoms with E-state index in [0.29, 0.717) is 19.3 Å². The van der Waals surface area contributed by atoms with Gasteiger partial charge in [0.15, 0.2) is 0 Å². The molecule has 6 nitrogen and oxygen atoms in total. The minimum absolute atomic E-state index is 0.0477. The number of aliphatic hydroxyl groups excluding tert-OH is 2. The SMILES string of the molecule is CC/C=C/C/C=C/C/C=C/CCCCCCCCC(=O)OC(CCCCC/C=C/C=C/C=C/CCCCCCC)CC(=O)NC(CO)C(O)CCCCCCCCCCCCCCCCCCC. The Balaban J connectivity index is 4.62. The normalized spacial score (nSPS) is 13.7. The lowest BCUT2D eigenvalue weighted by Crippen LogP contribution is -2.46. The number of nitrogens with one attached hydrogen (secondary N) is 1. The van der Waals surface area contributed by atoms with Crippen molar-refractivity contribution in [1.82, 2.24) is 5.32 Å². The van der Waals surface area contributed by atoms with Gasteiger partial charge in [-0.25, -0.2) is 0 Å². The molecule has 0 aromatic heterocycles. The number of aliphatic hydroxyl groups is 2. The van der Waals surface area contributed by atoms with Crippen LogP contribution in [-0.2, 0) is 14.3 Å². The van der Waals surface area contributed by atoms with Crippen LogP contribution >= 0.6 is 0 Å². The fourth-order valence-corrected chi connectivity index (χ4v) is 8.68. The second-order valence-corrected chi connectivity index (χ2v) is 19.7. The van der Waals surface area contributed by atoms with E-state index >= 15 is 0 Å². The standard InChI is InChI=1S/C62H111NO5/c1-4-7-10-13-16-19-22-25-28-31-33-36-39-42-45-48-51-54-60(65)59(57-64)63-61(66)56-58(53-50-47-44-41-38-35-32-29-26-23-20-17-14-11-8-5-2)68-62(67)55-52-49-46-43-40-37-34-30-27-24-21-18-15-12-9-6-3/h9,12,18,21,23,26-27,29-30,32,35,38,58-60,64-65H,4-8,10-11,13-17,19-20,22,24-25,28,31,33-34,36-37,39-57H2,1-3H3,(H,63,66)/b12-9+,21-18+,26-23+,30-27+,32-29+,38-35+. The molecule has 0 heterocycles. The first-order chi connectivity index (χ1) is 33.5. The van der Waals surface area contributed by atoms with E-state index in [1.165, 1.54) is 141 Å². The molecule has 1 amide bonds. The fourth-order valence-electron chi connectivity index (χ4n) is 8.68. The minimum Gasteiger partial charge on any atom is -0.462 e. The van der Waals surface area contributed by atoms with Crippen LogP contribution in [0.2, 0.25) is 0 Å². The molecule has 3 atom stereocenters. The molecule has 3 unspecified atom stereocenters. The van der Waals surface area contributed by atoms with Crippen molar-refractivity contribution < 1.29 is 24.5 Å². The highest BCUT2D eigenvalue weighted by molar-refractivity contribution is 5.77. The number of rotatable bonds is 52. The van der Waals surface area contributed by atoms with Crippen LogP contribution in [0.4, 0.5) is 0 Å². The molecule has 6 heteroatoms. The summed E-state index contributed by atoms with van der Waals surface area (Å²) in [6.45, 7) is 6.37. The summed E-state index contributed by atoms with van der Waals surface area (Å²) in [5, 5.41) is 23.9. The highest BCUT2D eigenvalue weighted by atomic mass is 16.5. The van der Waals surface area contributed by atoms with Gasteiger partial charge in [0.05, 0.1) is 25.2 Å². The van der Waals surface area contributed by atoms with E-state index in [9.17, 15) is 19.8 Å². The van der Waals surface area contributed by atoms with Crippen LogP contribution in [0.25, 0.3) is 0 Å². The molecular formula is C62H111NO5. The summed E-state index contributed by atoms with van der Waals surface area (Å²) in [5.41, 5.74) is 0. The predicted molar refractivity (Wildman–Crippen MR) is 296 cm³/mol. The third-order valence-corrected chi connectivity index (χ3v) is 13.1. The van der Waals surface area contributed by atoms with Crippen molar-refractivity contribution in [1.29, 1.82) is 0 Å². The van der Waals surface area contributed by atoms with Crippen LogP contribution in [-0.4, -0.2) is 46.9 Å². The van der Waals surface area contributed by atoms with Crippen molar-refractivity contribution in [2.24, 2.45) is 0 Å². The van der Waals surface area contributed by atoms with Gasteiger partial charge >= 0.3 is 5.97 Å². The molecule has 394 valence electrons. The molecule has 0 saturated heterocycles. The van der Waals surface area contributed by atoms with Crippen molar-refractivity contribution in [3.63, 3.8) is 0 Å². The second-order valence-electron chi connectivity index (χ2n) is 19.7. The van der Waals surface area contributed by atoms with Gasteiger partial charge in [-0.05, 0) is 83.5 Å². The number of ether oxygens (including phenoxy) is 1. The molecule has 0 aromatic rings. The number of unbranched alkanes of at least 4 members (excludes halogenated alkanes) is 30. The highest BCUT2D eigenvalue weighted by Crippen LogP contribution is 2.18. The maximum Gasteiger partial charge on any atom is 0.306 e. The number of amides is 1. The molecular weight excluding hydrogens is 839 g/mol. The quantitative estimate of drug-likeness (QED) is 0.0244. The molecule has 0 saturated carbocycles. The Kier molecular flexibility index (Phi) is 53.0. The Morgan fingerprint density at radius 1 is 0.456 bits per heavy atom. The average Bonchev–Trinajstić information content (AvgIpc) is 3.33. The van der Waals surface area contributed by atoms with Gasteiger partial charge in [-0.15, -0.1) is 0 Å². The van der Waals surface area contributed by atoms with Crippen LogP contribution in [0.1, 0.15) is 284 Å². The van der Waals surface area contributed by atoms with E-state index in [2.05, 4.69) is 99.0 Å². The van der Waals surface area contributed by atoms with E-state index < -0.39 is 18.2 Å². The van der Waals surface area contributed by atoms with Gasteiger partial charge in [0, 0.05) is 6.42 Å². The Morgan fingerprint density at radius 2 is 0.853 bits per heavy atom. The zero-order chi connectivity index (χ0) is 49.5. The average molecular weight is 951 g/mol. The molecule has 68 heavy (non-hydrogen) atoms. The van der Waals surface area contributed by atoms with E-state index in [4.69, 9.17) is 4.74 Å². The lowest BCUT2D eigenvalue weighted by atomic mass is 10.0. The number of carbonyl (C=O) groups is 2. The molecule has 0 fully saturated rings. The Hall–Kier alpha value is -2.70. The minimum atomic E-state index is -0.803. The van der Waals surface area contributed by atoms with Gasteiger partial charge in [0.1, 0.15) is 6.10 Å². The molecule has 3 N–H and O–H groups in total. The molecule has 0 aliphatic rings. The lowest BCUT2D eigenvalue weighted by Gasteiger charge is -2.24. The Morgan fingerprint density at radius 3 is 1.34 bits per heavy atom. The summed E-state index contributed by atoms with van der Waals surface area (Å²) in [7, 11) is 0. The van der Waals surface area contributed by atoms with Crippen LogP contribution in [0.15, 0.2) is 72.9 Å². The first-order valence-electron chi connectivity index (χ1n) is 29.2. The van der Waals surface area contributed by atoms with Gasteiger partial charge < -0.3 is 20.3 Å². The van der Waals surface area contributed by atoms with Crippen LogP contribution in [0, 0.1) is 0 Å². The van der Waals surface area contributed by atoms with E-state index in [0.717, 1.165) is 96.3 Å². The number of carbonyl (C=O) groups excluding carboxylic acids is 2. The van der Waals surface area contributed by atoms with Crippen LogP contribution in [0.3, 0.4) is 0 Å². The Labute approximate surface area is 421 Å². The van der Waals surface area contributed by atoms with Gasteiger partial charge in [-0.2, -0.15) is 0 Å². The first-order valence-corrected chi connectivity index (χ1v) is 29.2. The molecule has 0 spiro atoms. The number of hydrogen-bond acceptors (Lipinski definition) is 5. The number of esters is 1. The summed E-state index contributed by atoms with van der Waals surface area (Å²) in [6.07, 6.45) is 71.1. The number of allylic oxidation sites excluding steroid dienone is 12. The highest BCUT2D eigenvalue weighted by Gasteiger charge is 2.24. The summed E-state index contributed by atoms with van der Waals surface area (Å²) in [6, 6.07) is -0.720. The van der Waals surface area contributed by atoms with E-state index in [1.807, 2.05) is 0 Å². The van der Waals surface area contributed by atoms with Gasteiger partial charge in [-0.3, -0.25) is 9.59 Å². The summed E-state index contributed by atoms with van der Waals surface area (Å²) in [4.78, 5) is 26.3. The second kappa shape index (κ2) is 55.2. The molecule has 0 rings (SSSR count). The third-order valence-electron chi connectivity index (χ3n) is 13.1. The largest absolute Gasteiger partial charge is 0.462 e. The maximum absolute atomic E-state index is 13.3. The van der Waals surface area contributed by atoms with Crippen LogP contribution in [0.5, 0.6) is 0 Å². The Bertz CT molecular complexity index is 1250. The predicted octanol–water partition coefficient (Wildman–Crippen LogP) is 18.1. The zero-order valence-electron chi connectivity index (χ0n) is 45.0. The van der Waals surface area contributed by atoms with E-state index in [-0.39, 0.29) is 24.9 Å². The zero-order valence-corrected chi connectivity index (χ0v) is 45.0. The molecule has 0 aliphatic heterocycles. The third kappa shape index (κ3) is 49.7. The van der Waals surface area contributed by atoms with Gasteiger partial charge in [0.25, 0.3) is 0 Å². The van der Waals surface area contributed by atoms with Crippen molar-refractivity contribution in [3.05, 3.63) is 72.9 Å². The van der Waals surface area contributed by atoms with Crippen molar-refractivity contribution >= 4 is 11.9 Å².